The predicted molar refractivity (Wildman–Crippen MR) is 56.7 cm³/mol. The summed E-state index contributed by atoms with van der Waals surface area (Å²) in [6.07, 6.45) is 1.46. The summed E-state index contributed by atoms with van der Waals surface area (Å²) >= 11 is 0. The van der Waals surface area contributed by atoms with E-state index in [4.69, 9.17) is 0 Å². The number of aliphatic hydroxyl groups is 1. The molecule has 92 valence electrons. The molecule has 5 nitrogen and oxygen atoms in total. The molecule has 2 N–H and O–H groups in total. The van der Waals surface area contributed by atoms with E-state index < -0.39 is 33.2 Å². The van der Waals surface area contributed by atoms with Gasteiger partial charge in [0.1, 0.15) is 0 Å². The van der Waals surface area contributed by atoms with Crippen molar-refractivity contribution < 1.29 is 23.4 Å². The summed E-state index contributed by atoms with van der Waals surface area (Å²) in [5.41, 5.74) is -1.24. The van der Waals surface area contributed by atoms with Gasteiger partial charge in [-0.3, -0.25) is 4.79 Å². The maximum Gasteiger partial charge on any atom is 0.311 e. The van der Waals surface area contributed by atoms with Crippen molar-refractivity contribution in [1.29, 1.82) is 0 Å². The molecule has 1 saturated carbocycles. The van der Waals surface area contributed by atoms with Gasteiger partial charge in [0.25, 0.3) is 0 Å². The summed E-state index contributed by atoms with van der Waals surface area (Å²) in [4.78, 5) is 11.4. The van der Waals surface area contributed by atoms with Gasteiger partial charge in [-0.2, -0.15) is 0 Å². The molecule has 3 unspecified atom stereocenters. The minimum absolute atomic E-state index is 0.0669. The van der Waals surface area contributed by atoms with Crippen molar-refractivity contribution in [3.8, 4) is 0 Å². The highest BCUT2D eigenvalue weighted by Crippen LogP contribution is 2.47. The molecular weight excluding hydrogens is 232 g/mol. The van der Waals surface area contributed by atoms with Crippen LogP contribution in [0.2, 0.25) is 0 Å². The van der Waals surface area contributed by atoms with Crippen LogP contribution in [0.1, 0.15) is 25.7 Å². The van der Waals surface area contributed by atoms with Crippen LogP contribution in [0.5, 0.6) is 0 Å². The number of carbonyl (C=O) groups is 1. The van der Waals surface area contributed by atoms with E-state index in [1.54, 1.807) is 0 Å². The molecule has 0 aromatic heterocycles. The SMILES string of the molecule is O=C(O)C1(C2CCCC2O)CCS(=O)(=O)C1. The lowest BCUT2D eigenvalue weighted by Gasteiger charge is -2.31. The van der Waals surface area contributed by atoms with Gasteiger partial charge in [-0.25, -0.2) is 8.42 Å². The third-order valence-electron chi connectivity index (χ3n) is 3.95. The van der Waals surface area contributed by atoms with Crippen molar-refractivity contribution in [3.05, 3.63) is 0 Å². The fourth-order valence-corrected chi connectivity index (χ4v) is 5.17. The first-order chi connectivity index (χ1) is 7.37. The number of carboxylic acids is 1. The predicted octanol–water partition coefficient (Wildman–Crippen LogP) is 0.0369. The van der Waals surface area contributed by atoms with E-state index in [-0.39, 0.29) is 17.9 Å². The Kier molecular flexibility index (Phi) is 2.74. The summed E-state index contributed by atoms with van der Waals surface area (Å²) < 4.78 is 22.9. The van der Waals surface area contributed by atoms with Crippen LogP contribution in [0.3, 0.4) is 0 Å². The van der Waals surface area contributed by atoms with Gasteiger partial charge in [0.15, 0.2) is 9.84 Å². The Balaban J connectivity index is 2.34. The molecule has 1 heterocycles. The number of rotatable bonds is 2. The van der Waals surface area contributed by atoms with E-state index in [9.17, 15) is 23.4 Å². The fourth-order valence-electron chi connectivity index (χ4n) is 3.08. The molecule has 0 bridgehead atoms. The van der Waals surface area contributed by atoms with Crippen molar-refractivity contribution in [2.75, 3.05) is 11.5 Å². The van der Waals surface area contributed by atoms with Crippen LogP contribution in [-0.4, -0.2) is 42.2 Å². The van der Waals surface area contributed by atoms with E-state index in [2.05, 4.69) is 0 Å². The third-order valence-corrected chi connectivity index (χ3v) is 5.73. The monoisotopic (exact) mass is 248 g/mol. The average Bonchev–Trinajstić information content (AvgIpc) is 2.70. The van der Waals surface area contributed by atoms with Crippen molar-refractivity contribution in [2.45, 2.75) is 31.8 Å². The Labute approximate surface area is 94.4 Å². The highest BCUT2D eigenvalue weighted by Gasteiger charge is 2.56. The molecule has 2 fully saturated rings. The molecule has 1 aliphatic carbocycles. The Morgan fingerprint density at radius 3 is 2.38 bits per heavy atom. The molecule has 0 amide bonds. The second kappa shape index (κ2) is 3.70. The van der Waals surface area contributed by atoms with Gasteiger partial charge in [-0.1, -0.05) is 6.42 Å². The van der Waals surface area contributed by atoms with Crippen molar-refractivity contribution in [3.63, 3.8) is 0 Å². The van der Waals surface area contributed by atoms with E-state index in [0.717, 1.165) is 6.42 Å². The van der Waals surface area contributed by atoms with Crippen LogP contribution >= 0.6 is 0 Å². The largest absolute Gasteiger partial charge is 0.481 e. The van der Waals surface area contributed by atoms with Crippen LogP contribution < -0.4 is 0 Å². The maximum atomic E-state index is 11.5. The summed E-state index contributed by atoms with van der Waals surface area (Å²) in [6.45, 7) is 0. The molecular formula is C10H16O5S. The lowest BCUT2D eigenvalue weighted by Crippen LogP contribution is -2.43. The average molecular weight is 248 g/mol. The van der Waals surface area contributed by atoms with Crippen LogP contribution in [0, 0.1) is 11.3 Å². The lowest BCUT2D eigenvalue weighted by molar-refractivity contribution is -0.153. The number of sulfone groups is 1. The topological polar surface area (TPSA) is 91.7 Å². The normalized spacial score (nSPS) is 42.3. The standard InChI is InChI=1S/C10H16O5S/c11-8-3-1-2-7(8)10(9(12)13)4-5-16(14,15)6-10/h7-8,11H,1-6H2,(H,12,13). The maximum absolute atomic E-state index is 11.5. The van der Waals surface area contributed by atoms with Crippen molar-refractivity contribution in [1.82, 2.24) is 0 Å². The van der Waals surface area contributed by atoms with Crippen molar-refractivity contribution >= 4 is 15.8 Å². The summed E-state index contributed by atoms with van der Waals surface area (Å²) in [5.74, 6) is -1.85. The van der Waals surface area contributed by atoms with Gasteiger partial charge in [0.2, 0.25) is 0 Å². The highest BCUT2D eigenvalue weighted by atomic mass is 32.2. The molecule has 1 aliphatic heterocycles. The smallest absolute Gasteiger partial charge is 0.311 e. The number of carboxylic acid groups (broad SMARTS) is 1. The summed E-state index contributed by atoms with van der Waals surface area (Å²) in [7, 11) is -3.25. The molecule has 1 saturated heterocycles. The summed E-state index contributed by atoms with van der Waals surface area (Å²) in [5, 5.41) is 19.1. The molecule has 16 heavy (non-hydrogen) atoms. The van der Waals surface area contributed by atoms with Gasteiger partial charge in [-0.05, 0) is 19.3 Å². The lowest BCUT2D eigenvalue weighted by atomic mass is 9.73. The zero-order chi connectivity index (χ0) is 12.0. The van der Waals surface area contributed by atoms with Crippen LogP contribution in [0.4, 0.5) is 0 Å². The molecule has 0 aromatic carbocycles. The molecule has 3 atom stereocenters. The fraction of sp³-hybridized carbons (Fsp3) is 0.900. The Morgan fingerprint density at radius 1 is 1.31 bits per heavy atom. The molecule has 2 aliphatic rings. The summed E-state index contributed by atoms with van der Waals surface area (Å²) in [6, 6.07) is 0. The van der Waals surface area contributed by atoms with Gasteiger partial charge in [0.05, 0.1) is 23.0 Å². The van der Waals surface area contributed by atoms with Crippen molar-refractivity contribution in [2.24, 2.45) is 11.3 Å². The van der Waals surface area contributed by atoms with Crippen LogP contribution in [0.15, 0.2) is 0 Å². The number of aliphatic carboxylic acids is 1. The van der Waals surface area contributed by atoms with E-state index in [1.807, 2.05) is 0 Å². The second-order valence-corrected chi connectivity index (χ2v) is 7.09. The molecule has 0 aromatic rings. The number of aliphatic hydroxyl groups excluding tert-OH is 1. The van der Waals surface area contributed by atoms with Gasteiger partial charge < -0.3 is 10.2 Å². The van der Waals surface area contributed by atoms with Gasteiger partial charge in [0, 0.05) is 5.92 Å². The number of hydrogen-bond donors (Lipinski definition) is 2. The first-order valence-corrected chi connectivity index (χ1v) is 7.31. The van der Waals surface area contributed by atoms with Gasteiger partial charge >= 0.3 is 5.97 Å². The molecule has 0 radical (unpaired) electrons. The van der Waals surface area contributed by atoms with Gasteiger partial charge in [-0.15, -0.1) is 0 Å². The van der Waals surface area contributed by atoms with Crippen LogP contribution in [0.25, 0.3) is 0 Å². The zero-order valence-corrected chi connectivity index (χ0v) is 9.74. The van der Waals surface area contributed by atoms with E-state index >= 15 is 0 Å². The molecule has 2 rings (SSSR count). The first-order valence-electron chi connectivity index (χ1n) is 5.49. The molecule has 6 heteroatoms. The first kappa shape index (κ1) is 11.9. The van der Waals surface area contributed by atoms with E-state index in [1.165, 1.54) is 0 Å². The Hall–Kier alpha value is -0.620. The molecule has 0 spiro atoms. The minimum Gasteiger partial charge on any atom is -0.481 e. The minimum atomic E-state index is -3.25. The number of hydrogen-bond acceptors (Lipinski definition) is 4. The Bertz CT molecular complexity index is 401. The zero-order valence-electron chi connectivity index (χ0n) is 8.92. The van der Waals surface area contributed by atoms with Crippen LogP contribution in [-0.2, 0) is 14.6 Å². The Morgan fingerprint density at radius 2 is 2.00 bits per heavy atom. The third kappa shape index (κ3) is 1.73. The second-order valence-electron chi connectivity index (χ2n) is 4.91. The highest BCUT2D eigenvalue weighted by molar-refractivity contribution is 7.91. The van der Waals surface area contributed by atoms with E-state index in [0.29, 0.717) is 12.8 Å². The quantitative estimate of drug-likeness (QED) is 0.719.